The van der Waals surface area contributed by atoms with Gasteiger partial charge in [0.05, 0.1) is 13.2 Å². The van der Waals surface area contributed by atoms with Crippen molar-refractivity contribution in [2.24, 2.45) is 5.92 Å². The van der Waals surface area contributed by atoms with Crippen molar-refractivity contribution in [2.75, 3.05) is 32.8 Å². The van der Waals surface area contributed by atoms with E-state index in [9.17, 15) is 0 Å². The number of ether oxygens (including phenoxy) is 1. The van der Waals surface area contributed by atoms with E-state index in [-0.39, 0.29) is 0 Å². The second kappa shape index (κ2) is 8.06. The Morgan fingerprint density at radius 1 is 1.29 bits per heavy atom. The molecule has 0 radical (unpaired) electrons. The Hall–Kier alpha value is -0.120. The van der Waals surface area contributed by atoms with Crippen LogP contribution in [-0.2, 0) is 4.74 Å². The van der Waals surface area contributed by atoms with Gasteiger partial charge in [0.25, 0.3) is 0 Å². The highest BCUT2D eigenvalue weighted by molar-refractivity contribution is 4.84. The molecule has 0 bridgehead atoms. The van der Waals surface area contributed by atoms with E-state index in [1.165, 1.54) is 19.4 Å². The molecule has 1 saturated heterocycles. The molecule has 1 fully saturated rings. The van der Waals surface area contributed by atoms with E-state index in [0.717, 1.165) is 26.3 Å². The summed E-state index contributed by atoms with van der Waals surface area (Å²) < 4.78 is 5.64. The second-order valence-electron chi connectivity index (χ2n) is 5.20. The molecule has 1 heterocycles. The van der Waals surface area contributed by atoms with Gasteiger partial charge >= 0.3 is 0 Å². The highest BCUT2D eigenvalue weighted by Gasteiger charge is 2.29. The summed E-state index contributed by atoms with van der Waals surface area (Å²) in [6.07, 6.45) is 2.43. The average molecular weight is 242 g/mol. The molecule has 1 N–H and O–H groups in total. The summed E-state index contributed by atoms with van der Waals surface area (Å²) in [5, 5.41) is 3.62. The van der Waals surface area contributed by atoms with Crippen LogP contribution in [0.3, 0.4) is 0 Å². The van der Waals surface area contributed by atoms with E-state index >= 15 is 0 Å². The summed E-state index contributed by atoms with van der Waals surface area (Å²) in [7, 11) is 0. The third-order valence-corrected chi connectivity index (χ3v) is 3.94. The highest BCUT2D eigenvalue weighted by atomic mass is 16.5. The molecule has 3 nitrogen and oxygen atoms in total. The topological polar surface area (TPSA) is 24.5 Å². The molecule has 0 aliphatic carbocycles. The maximum absolute atomic E-state index is 5.64. The van der Waals surface area contributed by atoms with E-state index in [1.807, 2.05) is 0 Å². The lowest BCUT2D eigenvalue weighted by molar-refractivity contribution is 0.149. The molecule has 0 spiro atoms. The van der Waals surface area contributed by atoms with Gasteiger partial charge in [-0.3, -0.25) is 0 Å². The number of nitrogens with zero attached hydrogens (tertiary/aromatic N) is 1. The Kier molecular flexibility index (Phi) is 7.09. The van der Waals surface area contributed by atoms with Crippen LogP contribution < -0.4 is 5.32 Å². The number of rotatable bonds is 8. The van der Waals surface area contributed by atoms with Gasteiger partial charge in [-0.15, -0.1) is 0 Å². The minimum atomic E-state index is 0.563. The smallest absolute Gasteiger partial charge is 0.0623 e. The van der Waals surface area contributed by atoms with Gasteiger partial charge in [-0.25, -0.2) is 0 Å². The first kappa shape index (κ1) is 14.9. The van der Waals surface area contributed by atoms with Gasteiger partial charge in [-0.1, -0.05) is 20.8 Å². The molecule has 1 aliphatic rings. The van der Waals surface area contributed by atoms with Crippen molar-refractivity contribution in [3.63, 3.8) is 0 Å². The summed E-state index contributed by atoms with van der Waals surface area (Å²) in [5.74, 6) is 0.662. The monoisotopic (exact) mass is 242 g/mol. The summed E-state index contributed by atoms with van der Waals surface area (Å²) in [4.78, 5) is 2.58. The molecule has 0 aromatic heterocycles. The first-order valence-electron chi connectivity index (χ1n) is 7.28. The minimum absolute atomic E-state index is 0.563. The van der Waals surface area contributed by atoms with Crippen LogP contribution in [0.1, 0.15) is 40.5 Å². The van der Waals surface area contributed by atoms with Crippen molar-refractivity contribution < 1.29 is 4.74 Å². The standard InChI is InChI=1S/C14H30N2O/c1-5-8-15-14-11-17-10-13(14)9-16(7-3)12(4)6-2/h12-15H,5-11H2,1-4H3. The van der Waals surface area contributed by atoms with E-state index in [1.54, 1.807) is 0 Å². The van der Waals surface area contributed by atoms with Crippen LogP contribution in [0, 0.1) is 5.92 Å². The molecule has 1 rings (SSSR count). The quantitative estimate of drug-likeness (QED) is 0.705. The molecule has 3 atom stereocenters. The molecule has 0 amide bonds. The SMILES string of the molecule is CCCNC1COCC1CN(CC)C(C)CC. The van der Waals surface area contributed by atoms with E-state index in [0.29, 0.717) is 18.0 Å². The molecule has 17 heavy (non-hydrogen) atoms. The van der Waals surface area contributed by atoms with E-state index in [4.69, 9.17) is 4.74 Å². The zero-order valence-corrected chi connectivity index (χ0v) is 12.0. The Balaban J connectivity index is 2.41. The van der Waals surface area contributed by atoms with Gasteiger partial charge in [0, 0.05) is 24.5 Å². The molecule has 0 aromatic carbocycles. The first-order chi connectivity index (χ1) is 8.22. The zero-order valence-electron chi connectivity index (χ0n) is 12.0. The fraction of sp³-hybridized carbons (Fsp3) is 1.00. The van der Waals surface area contributed by atoms with Crippen molar-refractivity contribution in [3.05, 3.63) is 0 Å². The maximum atomic E-state index is 5.64. The normalized spacial score (nSPS) is 26.6. The molecule has 3 unspecified atom stereocenters. The molecular formula is C14H30N2O. The maximum Gasteiger partial charge on any atom is 0.0623 e. The second-order valence-corrected chi connectivity index (χ2v) is 5.20. The Morgan fingerprint density at radius 2 is 2.06 bits per heavy atom. The lowest BCUT2D eigenvalue weighted by Crippen LogP contribution is -2.44. The number of hydrogen-bond acceptors (Lipinski definition) is 3. The van der Waals surface area contributed by atoms with Crippen molar-refractivity contribution in [1.29, 1.82) is 0 Å². The number of hydrogen-bond donors (Lipinski definition) is 1. The van der Waals surface area contributed by atoms with Gasteiger partial charge in [0.2, 0.25) is 0 Å². The van der Waals surface area contributed by atoms with Crippen molar-refractivity contribution in [3.8, 4) is 0 Å². The molecule has 3 heteroatoms. The minimum Gasteiger partial charge on any atom is -0.379 e. The third kappa shape index (κ3) is 4.57. The largest absolute Gasteiger partial charge is 0.379 e. The Labute approximate surface area is 107 Å². The van der Waals surface area contributed by atoms with Crippen LogP contribution in [0.25, 0.3) is 0 Å². The van der Waals surface area contributed by atoms with Crippen LogP contribution in [0.15, 0.2) is 0 Å². The average Bonchev–Trinajstić information content (AvgIpc) is 2.79. The highest BCUT2D eigenvalue weighted by Crippen LogP contribution is 2.17. The van der Waals surface area contributed by atoms with Crippen LogP contribution in [0.4, 0.5) is 0 Å². The van der Waals surface area contributed by atoms with Crippen molar-refractivity contribution in [2.45, 2.75) is 52.6 Å². The molecule has 0 aromatic rings. The fourth-order valence-electron chi connectivity index (χ4n) is 2.51. The first-order valence-corrected chi connectivity index (χ1v) is 7.28. The van der Waals surface area contributed by atoms with Crippen molar-refractivity contribution >= 4 is 0 Å². The summed E-state index contributed by atoms with van der Waals surface area (Å²) >= 11 is 0. The molecule has 102 valence electrons. The van der Waals surface area contributed by atoms with E-state index in [2.05, 4.69) is 37.9 Å². The van der Waals surface area contributed by atoms with Gasteiger partial charge < -0.3 is 15.0 Å². The van der Waals surface area contributed by atoms with E-state index < -0.39 is 0 Å². The fourth-order valence-corrected chi connectivity index (χ4v) is 2.51. The van der Waals surface area contributed by atoms with Gasteiger partial charge in [0.1, 0.15) is 0 Å². The molecule has 1 aliphatic heterocycles. The van der Waals surface area contributed by atoms with Crippen molar-refractivity contribution in [1.82, 2.24) is 10.2 Å². The summed E-state index contributed by atoms with van der Waals surface area (Å²) in [6, 6.07) is 1.25. The Morgan fingerprint density at radius 3 is 2.65 bits per heavy atom. The third-order valence-electron chi connectivity index (χ3n) is 3.94. The summed E-state index contributed by atoms with van der Waals surface area (Å²) in [5.41, 5.74) is 0. The predicted octanol–water partition coefficient (Wildman–Crippen LogP) is 2.12. The predicted molar refractivity (Wildman–Crippen MR) is 73.4 cm³/mol. The van der Waals surface area contributed by atoms with Crippen LogP contribution in [-0.4, -0.2) is 49.8 Å². The Bertz CT molecular complexity index is 199. The lowest BCUT2D eigenvalue weighted by Gasteiger charge is -2.31. The lowest BCUT2D eigenvalue weighted by atomic mass is 10.0. The van der Waals surface area contributed by atoms with Gasteiger partial charge in [-0.2, -0.15) is 0 Å². The number of nitrogens with one attached hydrogen (secondary N) is 1. The van der Waals surface area contributed by atoms with Gasteiger partial charge in [-0.05, 0) is 32.9 Å². The van der Waals surface area contributed by atoms with Crippen LogP contribution >= 0.6 is 0 Å². The molecule has 0 saturated carbocycles. The van der Waals surface area contributed by atoms with Crippen LogP contribution in [0.2, 0.25) is 0 Å². The molecular weight excluding hydrogens is 212 g/mol. The van der Waals surface area contributed by atoms with Crippen LogP contribution in [0.5, 0.6) is 0 Å². The zero-order chi connectivity index (χ0) is 12.7. The summed E-state index contributed by atoms with van der Waals surface area (Å²) in [6.45, 7) is 14.3. The van der Waals surface area contributed by atoms with Gasteiger partial charge in [0.15, 0.2) is 0 Å².